The molecule has 0 aromatic heterocycles. The molecule has 118 valence electrons. The standard InChI is InChI=1S/C13H19N.C2HF3O2/c1-3-7-13(8-4-1)9-12-14-10-5-2-6-11-14;3-2(4,5)1(6)7/h1,3-4,7-8H,2,5-6,9-12H2;(H,6,7). The molecule has 21 heavy (non-hydrogen) atoms. The molecule has 1 aliphatic rings. The van der Waals surface area contributed by atoms with Gasteiger partial charge in [0.25, 0.3) is 0 Å². The molecule has 1 saturated heterocycles. The Morgan fingerprint density at radius 2 is 1.62 bits per heavy atom. The number of hydrogen-bond donors (Lipinski definition) is 1. The maximum Gasteiger partial charge on any atom is 0.490 e. The van der Waals surface area contributed by atoms with Crippen molar-refractivity contribution in [3.05, 3.63) is 35.9 Å². The number of likely N-dealkylation sites (tertiary alicyclic amines) is 1. The van der Waals surface area contributed by atoms with E-state index in [1.807, 2.05) is 0 Å². The Bertz CT molecular complexity index is 415. The van der Waals surface area contributed by atoms with E-state index in [1.54, 1.807) is 0 Å². The highest BCUT2D eigenvalue weighted by molar-refractivity contribution is 5.73. The second-order valence-electron chi connectivity index (χ2n) is 4.94. The Labute approximate surface area is 122 Å². The van der Waals surface area contributed by atoms with Crippen molar-refractivity contribution in [3.63, 3.8) is 0 Å². The smallest absolute Gasteiger partial charge is 0.475 e. The molecule has 6 heteroatoms. The van der Waals surface area contributed by atoms with Gasteiger partial charge in [-0.1, -0.05) is 36.8 Å². The highest BCUT2D eigenvalue weighted by atomic mass is 19.4. The predicted octanol–water partition coefficient (Wildman–Crippen LogP) is 3.35. The minimum absolute atomic E-state index is 1.21. The fourth-order valence-corrected chi connectivity index (χ4v) is 2.11. The van der Waals surface area contributed by atoms with Gasteiger partial charge in [-0.2, -0.15) is 13.2 Å². The molecular formula is C15H20F3NO2. The van der Waals surface area contributed by atoms with E-state index in [2.05, 4.69) is 35.2 Å². The number of carbonyl (C=O) groups is 1. The minimum Gasteiger partial charge on any atom is -0.475 e. The molecule has 1 heterocycles. The number of benzene rings is 1. The van der Waals surface area contributed by atoms with Crippen LogP contribution in [0.4, 0.5) is 13.2 Å². The number of carboxylic acids is 1. The summed E-state index contributed by atoms with van der Waals surface area (Å²) in [7, 11) is 0. The summed E-state index contributed by atoms with van der Waals surface area (Å²) in [6.45, 7) is 3.86. The van der Waals surface area contributed by atoms with E-state index < -0.39 is 12.1 Å². The number of nitrogens with zero attached hydrogens (tertiary/aromatic N) is 1. The van der Waals surface area contributed by atoms with Crippen LogP contribution >= 0.6 is 0 Å². The fourth-order valence-electron chi connectivity index (χ4n) is 2.11. The average molecular weight is 303 g/mol. The summed E-state index contributed by atoms with van der Waals surface area (Å²) >= 11 is 0. The third-order valence-electron chi connectivity index (χ3n) is 3.25. The van der Waals surface area contributed by atoms with E-state index in [4.69, 9.17) is 9.90 Å². The van der Waals surface area contributed by atoms with Crippen molar-refractivity contribution in [1.82, 2.24) is 4.90 Å². The molecule has 3 nitrogen and oxygen atoms in total. The van der Waals surface area contributed by atoms with Crippen molar-refractivity contribution in [2.75, 3.05) is 19.6 Å². The van der Waals surface area contributed by atoms with Crippen LogP contribution < -0.4 is 0 Å². The maximum absolute atomic E-state index is 10.6. The van der Waals surface area contributed by atoms with Crippen LogP contribution in [0.15, 0.2) is 30.3 Å². The van der Waals surface area contributed by atoms with Crippen molar-refractivity contribution in [2.45, 2.75) is 31.9 Å². The van der Waals surface area contributed by atoms with Crippen LogP contribution in [0, 0.1) is 0 Å². The molecule has 1 fully saturated rings. The molecule has 2 rings (SSSR count). The third-order valence-corrected chi connectivity index (χ3v) is 3.25. The van der Waals surface area contributed by atoms with Crippen molar-refractivity contribution in [2.24, 2.45) is 0 Å². The van der Waals surface area contributed by atoms with Crippen molar-refractivity contribution in [1.29, 1.82) is 0 Å². The predicted molar refractivity (Wildman–Crippen MR) is 74.1 cm³/mol. The van der Waals surface area contributed by atoms with Crippen LogP contribution in [0.5, 0.6) is 0 Å². The molecule has 1 N–H and O–H groups in total. The molecule has 0 radical (unpaired) electrons. The summed E-state index contributed by atoms with van der Waals surface area (Å²) < 4.78 is 31.7. The summed E-state index contributed by atoms with van der Waals surface area (Å²) in [4.78, 5) is 11.5. The number of alkyl halides is 3. The Kier molecular flexibility index (Phi) is 7.22. The van der Waals surface area contributed by atoms with Gasteiger partial charge in [0.2, 0.25) is 0 Å². The van der Waals surface area contributed by atoms with Gasteiger partial charge in [0.1, 0.15) is 0 Å². The van der Waals surface area contributed by atoms with E-state index in [9.17, 15) is 13.2 Å². The van der Waals surface area contributed by atoms with E-state index in [1.165, 1.54) is 50.9 Å². The minimum atomic E-state index is -5.08. The Balaban J connectivity index is 0.000000270. The van der Waals surface area contributed by atoms with Gasteiger partial charge in [-0.05, 0) is 37.9 Å². The first kappa shape index (κ1) is 17.5. The van der Waals surface area contributed by atoms with E-state index in [-0.39, 0.29) is 0 Å². The quantitative estimate of drug-likeness (QED) is 0.931. The molecule has 0 saturated carbocycles. The molecule has 0 bridgehead atoms. The van der Waals surface area contributed by atoms with Gasteiger partial charge in [-0.3, -0.25) is 0 Å². The van der Waals surface area contributed by atoms with Crippen molar-refractivity contribution < 1.29 is 23.1 Å². The summed E-state index contributed by atoms with van der Waals surface area (Å²) in [5.41, 5.74) is 1.47. The first-order valence-corrected chi connectivity index (χ1v) is 6.96. The number of aliphatic carboxylic acids is 1. The second kappa shape index (κ2) is 8.67. The molecule has 0 aliphatic carbocycles. The van der Waals surface area contributed by atoms with Gasteiger partial charge in [0, 0.05) is 6.54 Å². The molecule has 0 spiro atoms. The number of hydrogen-bond acceptors (Lipinski definition) is 2. The van der Waals surface area contributed by atoms with E-state index in [0.29, 0.717) is 0 Å². The zero-order valence-corrected chi connectivity index (χ0v) is 11.8. The number of rotatable bonds is 3. The normalized spacial score (nSPS) is 16.0. The number of halogens is 3. The van der Waals surface area contributed by atoms with Crippen LogP contribution in [-0.2, 0) is 11.2 Å². The first-order valence-electron chi connectivity index (χ1n) is 6.96. The van der Waals surface area contributed by atoms with Crippen LogP contribution in [0.3, 0.4) is 0 Å². The topological polar surface area (TPSA) is 40.5 Å². The molecule has 0 atom stereocenters. The lowest BCUT2D eigenvalue weighted by Crippen LogP contribution is -2.31. The summed E-state index contributed by atoms with van der Waals surface area (Å²) in [5, 5.41) is 7.12. The monoisotopic (exact) mass is 303 g/mol. The molecule has 0 amide bonds. The molecule has 1 aromatic carbocycles. The maximum atomic E-state index is 10.6. The lowest BCUT2D eigenvalue weighted by atomic mass is 10.1. The first-order chi connectivity index (χ1) is 9.89. The van der Waals surface area contributed by atoms with Crippen molar-refractivity contribution in [3.8, 4) is 0 Å². The molecule has 1 aromatic rings. The highest BCUT2D eigenvalue weighted by Crippen LogP contribution is 2.13. The van der Waals surface area contributed by atoms with Crippen LogP contribution in [0.2, 0.25) is 0 Å². The number of carboxylic acid groups (broad SMARTS) is 1. The Hall–Kier alpha value is -1.56. The van der Waals surface area contributed by atoms with Gasteiger partial charge >= 0.3 is 12.1 Å². The number of piperidine rings is 1. The van der Waals surface area contributed by atoms with Gasteiger partial charge in [0.15, 0.2) is 0 Å². The Morgan fingerprint density at radius 3 is 2.10 bits per heavy atom. The van der Waals surface area contributed by atoms with Crippen LogP contribution in [0.1, 0.15) is 24.8 Å². The fraction of sp³-hybridized carbons (Fsp3) is 0.533. The van der Waals surface area contributed by atoms with Gasteiger partial charge in [-0.25, -0.2) is 4.79 Å². The lowest BCUT2D eigenvalue weighted by Gasteiger charge is -2.26. The zero-order valence-electron chi connectivity index (χ0n) is 11.8. The highest BCUT2D eigenvalue weighted by Gasteiger charge is 2.38. The van der Waals surface area contributed by atoms with E-state index in [0.717, 1.165) is 0 Å². The average Bonchev–Trinajstić information content (AvgIpc) is 2.47. The van der Waals surface area contributed by atoms with Gasteiger partial charge < -0.3 is 10.0 Å². The summed E-state index contributed by atoms with van der Waals surface area (Å²) in [6.07, 6.45) is 0.353. The molecule has 1 aliphatic heterocycles. The lowest BCUT2D eigenvalue weighted by molar-refractivity contribution is -0.192. The van der Waals surface area contributed by atoms with Crippen LogP contribution in [0.25, 0.3) is 0 Å². The largest absolute Gasteiger partial charge is 0.490 e. The SMILES string of the molecule is O=C(O)C(F)(F)F.c1ccc(CCN2CCCCC2)cc1. The molecule has 0 unspecified atom stereocenters. The van der Waals surface area contributed by atoms with Gasteiger partial charge in [0.05, 0.1) is 0 Å². The second-order valence-corrected chi connectivity index (χ2v) is 4.94. The Morgan fingerprint density at radius 1 is 1.10 bits per heavy atom. The summed E-state index contributed by atoms with van der Waals surface area (Å²) in [5.74, 6) is -2.76. The van der Waals surface area contributed by atoms with E-state index >= 15 is 0 Å². The third kappa shape index (κ3) is 7.70. The molecular weight excluding hydrogens is 283 g/mol. The summed E-state index contributed by atoms with van der Waals surface area (Å²) in [6, 6.07) is 10.8. The van der Waals surface area contributed by atoms with Crippen LogP contribution in [-0.4, -0.2) is 41.8 Å². The van der Waals surface area contributed by atoms with Crippen molar-refractivity contribution >= 4 is 5.97 Å². The van der Waals surface area contributed by atoms with Gasteiger partial charge in [-0.15, -0.1) is 0 Å². The zero-order chi connectivity index (χ0) is 15.7.